The van der Waals surface area contributed by atoms with Crippen LogP contribution in [-0.2, 0) is 4.79 Å². The summed E-state index contributed by atoms with van der Waals surface area (Å²) < 4.78 is 0. The zero-order valence-corrected chi connectivity index (χ0v) is 10.1. The molecule has 15 heavy (non-hydrogen) atoms. The van der Waals surface area contributed by atoms with E-state index >= 15 is 0 Å². The number of rotatable bonds is 6. The molecule has 1 saturated heterocycles. The van der Waals surface area contributed by atoms with Crippen LogP contribution < -0.4 is 0 Å². The Balaban J connectivity index is 2.50. The molecule has 0 aromatic heterocycles. The van der Waals surface area contributed by atoms with Crippen LogP contribution in [0.3, 0.4) is 0 Å². The Hall–Kier alpha value is -0.570. The van der Waals surface area contributed by atoms with Gasteiger partial charge in [0.25, 0.3) is 0 Å². The SMILES string of the molecule is CCCC1CN(C(C)(CCC)C(=O)O)C1. The molecular weight excluding hydrogens is 190 g/mol. The molecule has 88 valence electrons. The number of carboxylic acid groups (broad SMARTS) is 1. The molecule has 1 unspecified atom stereocenters. The fourth-order valence-corrected chi connectivity index (χ4v) is 2.45. The summed E-state index contributed by atoms with van der Waals surface area (Å²) >= 11 is 0. The Kier molecular flexibility index (Phi) is 4.14. The molecule has 0 spiro atoms. The van der Waals surface area contributed by atoms with Gasteiger partial charge in [-0.15, -0.1) is 0 Å². The van der Waals surface area contributed by atoms with Crippen molar-refractivity contribution in [2.45, 2.75) is 52.0 Å². The highest BCUT2D eigenvalue weighted by atomic mass is 16.4. The first-order valence-corrected chi connectivity index (χ1v) is 6.03. The summed E-state index contributed by atoms with van der Waals surface area (Å²) in [7, 11) is 0. The lowest BCUT2D eigenvalue weighted by molar-refractivity contribution is -0.156. The van der Waals surface area contributed by atoms with Crippen LogP contribution in [0.25, 0.3) is 0 Å². The van der Waals surface area contributed by atoms with Crippen molar-refractivity contribution in [3.05, 3.63) is 0 Å². The maximum Gasteiger partial charge on any atom is 0.323 e. The molecule has 0 aromatic rings. The average Bonchev–Trinajstić information content (AvgIpc) is 2.10. The molecule has 1 fully saturated rings. The summed E-state index contributed by atoms with van der Waals surface area (Å²) in [4.78, 5) is 13.4. The van der Waals surface area contributed by atoms with Crippen molar-refractivity contribution < 1.29 is 9.90 Å². The molecule has 0 saturated carbocycles. The zero-order chi connectivity index (χ0) is 11.5. The first-order valence-electron chi connectivity index (χ1n) is 6.03. The first kappa shape index (κ1) is 12.5. The molecule has 0 bridgehead atoms. The number of carbonyl (C=O) groups is 1. The van der Waals surface area contributed by atoms with Crippen molar-refractivity contribution >= 4 is 5.97 Å². The van der Waals surface area contributed by atoms with Crippen molar-refractivity contribution in [1.82, 2.24) is 4.90 Å². The first-order chi connectivity index (χ1) is 7.04. The normalized spacial score (nSPS) is 22.1. The molecular formula is C12H23NO2. The second-order valence-corrected chi connectivity index (χ2v) is 4.89. The Morgan fingerprint density at radius 1 is 1.40 bits per heavy atom. The molecule has 0 aliphatic carbocycles. The van der Waals surface area contributed by atoms with Crippen molar-refractivity contribution in [2.75, 3.05) is 13.1 Å². The minimum absolute atomic E-state index is 0.626. The number of carboxylic acids is 1. The fraction of sp³-hybridized carbons (Fsp3) is 0.917. The van der Waals surface area contributed by atoms with Gasteiger partial charge < -0.3 is 5.11 Å². The molecule has 3 heteroatoms. The van der Waals surface area contributed by atoms with Crippen molar-refractivity contribution in [1.29, 1.82) is 0 Å². The van der Waals surface area contributed by atoms with E-state index in [0.29, 0.717) is 0 Å². The number of nitrogens with zero attached hydrogens (tertiary/aromatic N) is 1. The van der Waals surface area contributed by atoms with E-state index < -0.39 is 11.5 Å². The summed E-state index contributed by atoms with van der Waals surface area (Å²) in [6.07, 6.45) is 4.12. The van der Waals surface area contributed by atoms with Gasteiger partial charge in [-0.05, 0) is 25.7 Å². The zero-order valence-electron chi connectivity index (χ0n) is 10.1. The summed E-state index contributed by atoms with van der Waals surface area (Å²) in [6, 6.07) is 0. The molecule has 0 amide bonds. The second-order valence-electron chi connectivity index (χ2n) is 4.89. The lowest BCUT2D eigenvalue weighted by Crippen LogP contribution is -2.62. The van der Waals surface area contributed by atoms with Gasteiger partial charge in [-0.2, -0.15) is 0 Å². The van der Waals surface area contributed by atoms with E-state index in [0.717, 1.165) is 31.8 Å². The highest BCUT2D eigenvalue weighted by molar-refractivity contribution is 5.78. The third-order valence-corrected chi connectivity index (χ3v) is 3.55. The molecule has 0 aromatic carbocycles. The van der Waals surface area contributed by atoms with Crippen LogP contribution >= 0.6 is 0 Å². The van der Waals surface area contributed by atoms with Crippen LogP contribution in [0.15, 0.2) is 0 Å². The molecule has 1 aliphatic rings. The maximum absolute atomic E-state index is 11.3. The Morgan fingerprint density at radius 3 is 2.40 bits per heavy atom. The highest BCUT2D eigenvalue weighted by Gasteiger charge is 2.44. The van der Waals surface area contributed by atoms with E-state index in [1.807, 2.05) is 13.8 Å². The van der Waals surface area contributed by atoms with Gasteiger partial charge in [0.2, 0.25) is 0 Å². The average molecular weight is 213 g/mol. The number of likely N-dealkylation sites (tertiary alicyclic amines) is 1. The quantitative estimate of drug-likeness (QED) is 0.736. The van der Waals surface area contributed by atoms with Gasteiger partial charge in [0.1, 0.15) is 5.54 Å². The van der Waals surface area contributed by atoms with Crippen molar-refractivity contribution in [3.8, 4) is 0 Å². The third-order valence-electron chi connectivity index (χ3n) is 3.55. The van der Waals surface area contributed by atoms with Crippen molar-refractivity contribution in [3.63, 3.8) is 0 Å². The molecule has 0 radical (unpaired) electrons. The predicted octanol–water partition coefficient (Wildman–Crippen LogP) is 2.36. The van der Waals surface area contributed by atoms with Crippen LogP contribution in [0.2, 0.25) is 0 Å². The van der Waals surface area contributed by atoms with Crippen LogP contribution in [0.1, 0.15) is 46.5 Å². The molecule has 1 atom stereocenters. The van der Waals surface area contributed by atoms with Gasteiger partial charge in [0, 0.05) is 13.1 Å². The van der Waals surface area contributed by atoms with Gasteiger partial charge in [-0.3, -0.25) is 9.69 Å². The van der Waals surface area contributed by atoms with Crippen LogP contribution in [0.4, 0.5) is 0 Å². The van der Waals surface area contributed by atoms with Gasteiger partial charge in [-0.25, -0.2) is 0 Å². The van der Waals surface area contributed by atoms with Crippen LogP contribution in [0.5, 0.6) is 0 Å². The maximum atomic E-state index is 11.3. The number of hydrogen-bond acceptors (Lipinski definition) is 2. The van der Waals surface area contributed by atoms with Gasteiger partial charge in [0.05, 0.1) is 0 Å². The summed E-state index contributed by atoms with van der Waals surface area (Å²) in [5.41, 5.74) is -0.626. The monoisotopic (exact) mass is 213 g/mol. The lowest BCUT2D eigenvalue weighted by Gasteiger charge is -2.48. The lowest BCUT2D eigenvalue weighted by atomic mass is 9.85. The van der Waals surface area contributed by atoms with Crippen molar-refractivity contribution in [2.24, 2.45) is 5.92 Å². The summed E-state index contributed by atoms with van der Waals surface area (Å²) in [6.45, 7) is 8.03. The molecule has 1 N–H and O–H groups in total. The van der Waals surface area contributed by atoms with E-state index in [2.05, 4.69) is 11.8 Å². The smallest absolute Gasteiger partial charge is 0.323 e. The van der Waals surface area contributed by atoms with E-state index in [1.54, 1.807) is 0 Å². The number of hydrogen-bond donors (Lipinski definition) is 1. The summed E-state index contributed by atoms with van der Waals surface area (Å²) in [5, 5.41) is 9.27. The Labute approximate surface area is 92.5 Å². The largest absolute Gasteiger partial charge is 0.480 e. The minimum atomic E-state index is -0.667. The number of aliphatic carboxylic acids is 1. The highest BCUT2D eigenvalue weighted by Crippen LogP contribution is 2.31. The standard InChI is InChI=1S/C12H23NO2/c1-4-6-10-8-13(9-10)12(3,7-5-2)11(14)15/h10H,4-9H2,1-3H3,(H,14,15). The van der Waals surface area contributed by atoms with Gasteiger partial charge >= 0.3 is 5.97 Å². The Bertz CT molecular complexity index is 224. The molecule has 1 rings (SSSR count). The molecule has 1 heterocycles. The minimum Gasteiger partial charge on any atom is -0.480 e. The van der Waals surface area contributed by atoms with E-state index in [9.17, 15) is 9.90 Å². The second kappa shape index (κ2) is 4.97. The van der Waals surface area contributed by atoms with Gasteiger partial charge in [0.15, 0.2) is 0 Å². The Morgan fingerprint density at radius 2 is 2.00 bits per heavy atom. The van der Waals surface area contributed by atoms with E-state index in [-0.39, 0.29) is 0 Å². The van der Waals surface area contributed by atoms with Gasteiger partial charge in [-0.1, -0.05) is 26.7 Å². The van der Waals surface area contributed by atoms with Crippen LogP contribution in [0, 0.1) is 5.92 Å². The predicted molar refractivity (Wildman–Crippen MR) is 60.9 cm³/mol. The van der Waals surface area contributed by atoms with Crippen LogP contribution in [-0.4, -0.2) is 34.6 Å². The fourth-order valence-electron chi connectivity index (χ4n) is 2.45. The van der Waals surface area contributed by atoms with E-state index in [1.165, 1.54) is 12.8 Å². The molecule has 3 nitrogen and oxygen atoms in total. The molecule has 1 aliphatic heterocycles. The van der Waals surface area contributed by atoms with E-state index in [4.69, 9.17) is 0 Å². The summed E-state index contributed by atoms with van der Waals surface area (Å²) in [5.74, 6) is 0.0600. The third kappa shape index (κ3) is 2.51. The topological polar surface area (TPSA) is 40.5 Å².